The van der Waals surface area contributed by atoms with Crippen molar-refractivity contribution in [2.75, 3.05) is 0 Å². The Morgan fingerprint density at radius 2 is 1.64 bits per heavy atom. The van der Waals surface area contributed by atoms with E-state index in [1.807, 2.05) is 6.07 Å². The molecule has 2 heterocycles. The number of nitrogens with zero attached hydrogens (tertiary/aromatic N) is 4. The molecule has 7 heteroatoms. The fourth-order valence-electron chi connectivity index (χ4n) is 3.04. The Bertz CT molecular complexity index is 1390. The van der Waals surface area contributed by atoms with Gasteiger partial charge in [-0.2, -0.15) is 10.5 Å². The highest BCUT2D eigenvalue weighted by Gasteiger charge is 2.20. The number of aromatic nitrogens is 2. The van der Waals surface area contributed by atoms with Gasteiger partial charge in [0.15, 0.2) is 0 Å². The van der Waals surface area contributed by atoms with Crippen LogP contribution in [0.1, 0.15) is 11.1 Å². The van der Waals surface area contributed by atoms with E-state index in [1.165, 1.54) is 34.6 Å². The molecule has 28 heavy (non-hydrogen) atoms. The molecule has 0 spiro atoms. The van der Waals surface area contributed by atoms with E-state index >= 15 is 0 Å². The summed E-state index contributed by atoms with van der Waals surface area (Å²) < 4.78 is 27.4. The highest BCUT2D eigenvalue weighted by Crippen LogP contribution is 2.30. The number of rotatable bonds is 3. The zero-order valence-corrected chi connectivity index (χ0v) is 15.3. The summed E-state index contributed by atoms with van der Waals surface area (Å²) in [6, 6.07) is 18.7. The van der Waals surface area contributed by atoms with E-state index in [1.54, 1.807) is 42.6 Å². The molecule has 2 aromatic heterocycles. The van der Waals surface area contributed by atoms with Gasteiger partial charge in [0.05, 0.1) is 39.9 Å². The van der Waals surface area contributed by atoms with Crippen LogP contribution in [0.5, 0.6) is 0 Å². The Morgan fingerprint density at radius 1 is 0.893 bits per heavy atom. The fourth-order valence-corrected chi connectivity index (χ4v) is 4.42. The van der Waals surface area contributed by atoms with Crippen LogP contribution in [0.2, 0.25) is 0 Å². The fraction of sp³-hybridized carbons (Fsp3) is 0. The first kappa shape index (κ1) is 17.5. The second kappa shape index (κ2) is 6.66. The van der Waals surface area contributed by atoms with Crippen molar-refractivity contribution >= 4 is 20.9 Å². The van der Waals surface area contributed by atoms with Gasteiger partial charge < -0.3 is 0 Å². The number of benzene rings is 2. The van der Waals surface area contributed by atoms with Crippen molar-refractivity contribution in [3.8, 4) is 23.3 Å². The third-order valence-corrected chi connectivity index (χ3v) is 6.11. The molecule has 4 aromatic rings. The summed E-state index contributed by atoms with van der Waals surface area (Å²) in [5, 5.41) is 18.7. The van der Waals surface area contributed by atoms with Crippen LogP contribution in [0.3, 0.4) is 0 Å². The summed E-state index contributed by atoms with van der Waals surface area (Å²) >= 11 is 0. The van der Waals surface area contributed by atoms with Gasteiger partial charge in [0, 0.05) is 23.3 Å². The van der Waals surface area contributed by atoms with Gasteiger partial charge in [-0.05, 0) is 42.0 Å². The van der Waals surface area contributed by atoms with Gasteiger partial charge in [-0.25, -0.2) is 12.4 Å². The van der Waals surface area contributed by atoms with Crippen LogP contribution >= 0.6 is 0 Å². The Balaban J connectivity index is 1.88. The predicted octanol–water partition coefficient (Wildman–Crippen LogP) is 3.68. The van der Waals surface area contributed by atoms with Gasteiger partial charge in [-0.3, -0.25) is 4.98 Å². The summed E-state index contributed by atoms with van der Waals surface area (Å²) in [5.41, 5.74) is 2.85. The van der Waals surface area contributed by atoms with E-state index < -0.39 is 10.0 Å². The number of nitriles is 2. The van der Waals surface area contributed by atoms with Gasteiger partial charge >= 0.3 is 0 Å². The molecule has 134 valence electrons. The van der Waals surface area contributed by atoms with Crippen molar-refractivity contribution in [2.24, 2.45) is 0 Å². The Hall–Kier alpha value is -3.94. The van der Waals surface area contributed by atoms with Crippen LogP contribution < -0.4 is 0 Å². The Morgan fingerprint density at radius 3 is 2.36 bits per heavy atom. The minimum absolute atomic E-state index is 0.0350. The Labute approximate surface area is 161 Å². The summed E-state index contributed by atoms with van der Waals surface area (Å²) in [5.74, 6) is 0. The molecule has 0 radical (unpaired) electrons. The maximum absolute atomic E-state index is 13.1. The molecule has 0 atom stereocenters. The molecule has 0 bridgehead atoms. The summed E-state index contributed by atoms with van der Waals surface area (Å²) in [6.45, 7) is 0. The predicted molar refractivity (Wildman–Crippen MR) is 104 cm³/mol. The zero-order chi connectivity index (χ0) is 19.7. The lowest BCUT2D eigenvalue weighted by Gasteiger charge is -2.09. The topological polar surface area (TPSA) is 99.5 Å². The standard InChI is InChI=1S/C21H12N4O2S/c22-11-15-4-6-17(7-5-15)20-13-24-14-21-19(20)8-9-25(21)28(26,27)18-3-1-2-16(10-18)12-23/h1-10,13-14H. The normalized spacial score (nSPS) is 11.1. The average molecular weight is 384 g/mol. The van der Waals surface area contributed by atoms with Gasteiger partial charge in [-0.15, -0.1) is 0 Å². The molecule has 0 saturated carbocycles. The lowest BCUT2D eigenvalue weighted by atomic mass is 10.0. The largest absolute Gasteiger partial charge is 0.268 e. The average Bonchev–Trinajstić information content (AvgIpc) is 3.19. The highest BCUT2D eigenvalue weighted by atomic mass is 32.2. The number of fused-ring (bicyclic) bond motifs is 1. The lowest BCUT2D eigenvalue weighted by Crippen LogP contribution is -2.12. The molecule has 0 fully saturated rings. The van der Waals surface area contributed by atoms with Crippen LogP contribution in [0.25, 0.3) is 22.0 Å². The van der Waals surface area contributed by atoms with E-state index in [9.17, 15) is 8.42 Å². The van der Waals surface area contributed by atoms with Crippen molar-refractivity contribution in [3.63, 3.8) is 0 Å². The van der Waals surface area contributed by atoms with E-state index in [0.717, 1.165) is 16.5 Å². The first-order valence-corrected chi connectivity index (χ1v) is 9.70. The van der Waals surface area contributed by atoms with Crippen LogP contribution in [0.4, 0.5) is 0 Å². The third-order valence-electron chi connectivity index (χ3n) is 4.43. The molecule has 2 aromatic carbocycles. The van der Waals surface area contributed by atoms with Gasteiger partial charge in [0.2, 0.25) is 0 Å². The minimum atomic E-state index is -3.88. The maximum Gasteiger partial charge on any atom is 0.268 e. The Kier molecular flexibility index (Phi) is 4.15. The van der Waals surface area contributed by atoms with E-state index in [4.69, 9.17) is 10.5 Å². The third kappa shape index (κ3) is 2.81. The molecule has 6 nitrogen and oxygen atoms in total. The first-order chi connectivity index (χ1) is 13.5. The smallest absolute Gasteiger partial charge is 0.262 e. The van der Waals surface area contributed by atoms with Crippen LogP contribution in [-0.4, -0.2) is 17.4 Å². The quantitative estimate of drug-likeness (QED) is 0.536. The molecule has 0 saturated heterocycles. The molecule has 4 rings (SSSR count). The zero-order valence-electron chi connectivity index (χ0n) is 14.4. The molecule has 0 aliphatic carbocycles. The monoisotopic (exact) mass is 384 g/mol. The van der Waals surface area contributed by atoms with Gasteiger partial charge in [0.1, 0.15) is 0 Å². The minimum Gasteiger partial charge on any atom is -0.262 e. The van der Waals surface area contributed by atoms with E-state index in [2.05, 4.69) is 11.1 Å². The second-order valence-corrected chi connectivity index (χ2v) is 7.88. The van der Waals surface area contributed by atoms with Crippen LogP contribution in [0, 0.1) is 22.7 Å². The first-order valence-electron chi connectivity index (χ1n) is 8.26. The van der Waals surface area contributed by atoms with Crippen molar-refractivity contribution in [2.45, 2.75) is 4.90 Å². The molecular formula is C21H12N4O2S. The number of pyridine rings is 1. The molecule has 0 unspecified atom stereocenters. The summed E-state index contributed by atoms with van der Waals surface area (Å²) in [7, 11) is -3.88. The summed E-state index contributed by atoms with van der Waals surface area (Å²) in [4.78, 5) is 4.24. The maximum atomic E-state index is 13.1. The molecule has 0 aliphatic rings. The van der Waals surface area contributed by atoms with E-state index in [-0.39, 0.29) is 10.5 Å². The number of hydrogen-bond acceptors (Lipinski definition) is 5. The van der Waals surface area contributed by atoms with Crippen molar-refractivity contribution in [1.82, 2.24) is 8.96 Å². The molecule has 0 amide bonds. The van der Waals surface area contributed by atoms with Crippen LogP contribution in [-0.2, 0) is 10.0 Å². The molecule has 0 N–H and O–H groups in total. The van der Waals surface area contributed by atoms with Gasteiger partial charge in [0.25, 0.3) is 10.0 Å². The van der Waals surface area contributed by atoms with Gasteiger partial charge in [-0.1, -0.05) is 18.2 Å². The molecule has 0 aliphatic heterocycles. The van der Waals surface area contributed by atoms with Crippen molar-refractivity contribution < 1.29 is 8.42 Å². The number of hydrogen-bond donors (Lipinski definition) is 0. The van der Waals surface area contributed by atoms with E-state index in [0.29, 0.717) is 11.1 Å². The van der Waals surface area contributed by atoms with Crippen molar-refractivity contribution in [1.29, 1.82) is 10.5 Å². The summed E-state index contributed by atoms with van der Waals surface area (Å²) in [6.07, 6.45) is 4.64. The van der Waals surface area contributed by atoms with Crippen LogP contribution in [0.15, 0.2) is 78.1 Å². The SMILES string of the molecule is N#Cc1ccc(-c2cncc3c2ccn3S(=O)(=O)c2cccc(C#N)c2)cc1. The lowest BCUT2D eigenvalue weighted by molar-refractivity contribution is 0.589. The van der Waals surface area contributed by atoms with Crippen molar-refractivity contribution in [3.05, 3.63) is 84.3 Å². The molecular weight excluding hydrogens is 372 g/mol. The highest BCUT2D eigenvalue weighted by molar-refractivity contribution is 7.90. The second-order valence-electron chi connectivity index (χ2n) is 6.07.